The van der Waals surface area contributed by atoms with Crippen LogP contribution in [0.5, 0.6) is 0 Å². The molecular weight excluding hydrogens is 300 g/mol. The fourth-order valence-corrected chi connectivity index (χ4v) is 2.19. The minimum atomic E-state index is -1.04. The van der Waals surface area contributed by atoms with Gasteiger partial charge < -0.3 is 15.7 Å². The highest BCUT2D eigenvalue weighted by atomic mass is 35.5. The predicted molar refractivity (Wildman–Crippen MR) is 81.2 cm³/mol. The van der Waals surface area contributed by atoms with E-state index in [0.29, 0.717) is 17.2 Å². The molecule has 20 heavy (non-hydrogen) atoms. The Morgan fingerprint density at radius 3 is 2.70 bits per heavy atom. The summed E-state index contributed by atoms with van der Waals surface area (Å²) in [6, 6.07) is 5.75. The molecule has 1 aromatic carbocycles. The molecule has 1 aromatic rings. The van der Waals surface area contributed by atoms with Crippen molar-refractivity contribution in [1.82, 2.24) is 10.6 Å². The number of amides is 2. The predicted octanol–water partition coefficient (Wildman–Crippen LogP) is 2.35. The standard InChI is InChI=1S/C13H17ClN2O3S/c1-20-7-6-11(12(17)18)16-13(19)15-8-9-4-2-3-5-10(9)14/h2-5,11H,6-8H2,1H3,(H,17,18)(H2,15,16,19)/t11-/m1/s1. The fraction of sp³-hybridized carbons (Fsp3) is 0.385. The van der Waals surface area contributed by atoms with Gasteiger partial charge in [-0.25, -0.2) is 9.59 Å². The van der Waals surface area contributed by atoms with Crippen molar-refractivity contribution in [3.8, 4) is 0 Å². The SMILES string of the molecule is CSCC[C@@H](NC(=O)NCc1ccccc1Cl)C(=O)O. The highest BCUT2D eigenvalue weighted by Gasteiger charge is 2.19. The summed E-state index contributed by atoms with van der Waals surface area (Å²) in [6.07, 6.45) is 2.27. The van der Waals surface area contributed by atoms with E-state index in [9.17, 15) is 9.59 Å². The third-order valence-corrected chi connectivity index (χ3v) is 3.62. The van der Waals surface area contributed by atoms with Gasteiger partial charge in [-0.1, -0.05) is 29.8 Å². The lowest BCUT2D eigenvalue weighted by Gasteiger charge is -2.15. The molecule has 0 spiro atoms. The summed E-state index contributed by atoms with van der Waals surface area (Å²) in [5, 5.41) is 14.6. The number of rotatable bonds is 7. The molecule has 0 bridgehead atoms. The van der Waals surface area contributed by atoms with Crippen LogP contribution in [0.1, 0.15) is 12.0 Å². The van der Waals surface area contributed by atoms with Crippen molar-refractivity contribution in [2.45, 2.75) is 19.0 Å². The number of carbonyl (C=O) groups is 2. The molecule has 0 heterocycles. The molecule has 0 fully saturated rings. The van der Waals surface area contributed by atoms with E-state index in [2.05, 4.69) is 10.6 Å². The van der Waals surface area contributed by atoms with Crippen LogP contribution in [0.15, 0.2) is 24.3 Å². The van der Waals surface area contributed by atoms with Crippen LogP contribution < -0.4 is 10.6 Å². The van der Waals surface area contributed by atoms with Crippen molar-refractivity contribution in [2.24, 2.45) is 0 Å². The van der Waals surface area contributed by atoms with Gasteiger partial charge in [0.1, 0.15) is 6.04 Å². The second-order valence-electron chi connectivity index (χ2n) is 4.09. The number of hydrogen-bond donors (Lipinski definition) is 3. The van der Waals surface area contributed by atoms with E-state index in [0.717, 1.165) is 5.56 Å². The molecule has 110 valence electrons. The summed E-state index contributed by atoms with van der Waals surface area (Å²) in [6.45, 7) is 0.250. The van der Waals surface area contributed by atoms with Crippen LogP contribution in [0, 0.1) is 0 Å². The molecule has 0 radical (unpaired) electrons. The minimum Gasteiger partial charge on any atom is -0.480 e. The molecule has 2 amide bonds. The van der Waals surface area contributed by atoms with Gasteiger partial charge in [0.05, 0.1) is 0 Å². The molecule has 0 aromatic heterocycles. The van der Waals surface area contributed by atoms with E-state index in [-0.39, 0.29) is 6.54 Å². The van der Waals surface area contributed by atoms with Crippen LogP contribution in [0.3, 0.4) is 0 Å². The molecule has 5 nitrogen and oxygen atoms in total. The monoisotopic (exact) mass is 316 g/mol. The van der Waals surface area contributed by atoms with E-state index in [1.807, 2.05) is 12.3 Å². The molecule has 1 rings (SSSR count). The zero-order valence-corrected chi connectivity index (χ0v) is 12.6. The van der Waals surface area contributed by atoms with Gasteiger partial charge in [-0.15, -0.1) is 0 Å². The minimum absolute atomic E-state index is 0.250. The first kappa shape index (κ1) is 16.7. The maximum Gasteiger partial charge on any atom is 0.326 e. The van der Waals surface area contributed by atoms with E-state index in [4.69, 9.17) is 16.7 Å². The van der Waals surface area contributed by atoms with Gasteiger partial charge in [-0.3, -0.25) is 0 Å². The zero-order valence-electron chi connectivity index (χ0n) is 11.1. The van der Waals surface area contributed by atoms with Crippen LogP contribution in [-0.2, 0) is 11.3 Å². The Labute approximate surface area is 127 Å². The van der Waals surface area contributed by atoms with Crippen LogP contribution in [0.25, 0.3) is 0 Å². The third kappa shape index (κ3) is 5.71. The Kier molecular flexibility index (Phi) is 7.25. The first-order valence-electron chi connectivity index (χ1n) is 6.04. The lowest BCUT2D eigenvalue weighted by Crippen LogP contribution is -2.46. The van der Waals surface area contributed by atoms with Gasteiger partial charge in [0.2, 0.25) is 0 Å². The number of nitrogens with one attached hydrogen (secondary N) is 2. The maximum absolute atomic E-state index is 11.7. The number of halogens is 1. The summed E-state index contributed by atoms with van der Waals surface area (Å²) < 4.78 is 0. The van der Waals surface area contributed by atoms with Crippen molar-refractivity contribution in [3.05, 3.63) is 34.9 Å². The van der Waals surface area contributed by atoms with E-state index < -0.39 is 18.0 Å². The Morgan fingerprint density at radius 1 is 1.40 bits per heavy atom. The summed E-state index contributed by atoms with van der Waals surface area (Å²) in [7, 11) is 0. The molecule has 0 saturated heterocycles. The summed E-state index contributed by atoms with van der Waals surface area (Å²) >= 11 is 7.50. The van der Waals surface area contributed by atoms with Crippen LogP contribution in [-0.4, -0.2) is 35.2 Å². The highest BCUT2D eigenvalue weighted by Crippen LogP contribution is 2.14. The van der Waals surface area contributed by atoms with Crippen molar-refractivity contribution in [3.63, 3.8) is 0 Å². The number of hydrogen-bond acceptors (Lipinski definition) is 3. The average molecular weight is 317 g/mol. The number of carbonyl (C=O) groups excluding carboxylic acids is 1. The molecule has 0 aliphatic rings. The van der Waals surface area contributed by atoms with Crippen molar-refractivity contribution >= 4 is 35.4 Å². The second kappa shape index (κ2) is 8.71. The van der Waals surface area contributed by atoms with Gasteiger partial charge >= 0.3 is 12.0 Å². The third-order valence-electron chi connectivity index (χ3n) is 2.61. The van der Waals surface area contributed by atoms with Gasteiger partial charge in [0, 0.05) is 11.6 Å². The molecule has 0 unspecified atom stereocenters. The Balaban J connectivity index is 2.46. The van der Waals surface area contributed by atoms with Crippen molar-refractivity contribution in [2.75, 3.05) is 12.0 Å². The topological polar surface area (TPSA) is 78.4 Å². The molecule has 0 aliphatic heterocycles. The van der Waals surface area contributed by atoms with Crippen molar-refractivity contribution < 1.29 is 14.7 Å². The first-order chi connectivity index (χ1) is 9.54. The number of benzene rings is 1. The van der Waals surface area contributed by atoms with Gasteiger partial charge in [0.15, 0.2) is 0 Å². The van der Waals surface area contributed by atoms with Crippen LogP contribution >= 0.6 is 23.4 Å². The zero-order chi connectivity index (χ0) is 15.0. The van der Waals surface area contributed by atoms with E-state index in [1.54, 1.807) is 18.2 Å². The highest BCUT2D eigenvalue weighted by molar-refractivity contribution is 7.98. The quantitative estimate of drug-likeness (QED) is 0.721. The van der Waals surface area contributed by atoms with E-state index in [1.165, 1.54) is 11.8 Å². The lowest BCUT2D eigenvalue weighted by molar-refractivity contribution is -0.139. The van der Waals surface area contributed by atoms with Crippen LogP contribution in [0.4, 0.5) is 4.79 Å². The Bertz CT molecular complexity index is 471. The van der Waals surface area contributed by atoms with Gasteiger partial charge in [0.25, 0.3) is 0 Å². The van der Waals surface area contributed by atoms with Gasteiger partial charge in [-0.05, 0) is 30.1 Å². The number of thioether (sulfide) groups is 1. The number of carboxylic acid groups (broad SMARTS) is 1. The molecule has 7 heteroatoms. The molecule has 3 N–H and O–H groups in total. The summed E-state index contributed by atoms with van der Waals surface area (Å²) in [5.41, 5.74) is 0.778. The first-order valence-corrected chi connectivity index (χ1v) is 7.81. The summed E-state index contributed by atoms with van der Waals surface area (Å²) in [4.78, 5) is 22.7. The maximum atomic E-state index is 11.7. The molecule has 0 saturated carbocycles. The van der Waals surface area contributed by atoms with Gasteiger partial charge in [-0.2, -0.15) is 11.8 Å². The van der Waals surface area contributed by atoms with Crippen molar-refractivity contribution in [1.29, 1.82) is 0 Å². The molecule has 0 aliphatic carbocycles. The average Bonchev–Trinajstić information content (AvgIpc) is 2.42. The Hall–Kier alpha value is -1.40. The second-order valence-corrected chi connectivity index (χ2v) is 5.48. The summed E-state index contributed by atoms with van der Waals surface area (Å²) in [5.74, 6) is -0.367. The molecule has 1 atom stereocenters. The fourth-order valence-electron chi connectivity index (χ4n) is 1.52. The van der Waals surface area contributed by atoms with E-state index >= 15 is 0 Å². The largest absolute Gasteiger partial charge is 0.480 e. The normalized spacial score (nSPS) is 11.7. The number of aliphatic carboxylic acids is 1. The lowest BCUT2D eigenvalue weighted by atomic mass is 10.2. The van der Waals surface area contributed by atoms with Crippen LogP contribution in [0.2, 0.25) is 5.02 Å². The molecular formula is C13H17ClN2O3S. The number of urea groups is 1. The smallest absolute Gasteiger partial charge is 0.326 e. The number of carboxylic acids is 1. The Morgan fingerprint density at radius 2 is 2.10 bits per heavy atom.